The van der Waals surface area contributed by atoms with Crippen LogP contribution in [-0.2, 0) is 11.2 Å². The summed E-state index contributed by atoms with van der Waals surface area (Å²) >= 11 is 1.65. The van der Waals surface area contributed by atoms with Crippen molar-refractivity contribution in [3.8, 4) is 0 Å². The molecule has 1 heterocycles. The van der Waals surface area contributed by atoms with E-state index in [4.69, 9.17) is 0 Å². The third-order valence-electron chi connectivity index (χ3n) is 3.44. The van der Waals surface area contributed by atoms with Crippen LogP contribution in [0.15, 0.2) is 35.7 Å². The molecule has 21 heavy (non-hydrogen) atoms. The summed E-state index contributed by atoms with van der Waals surface area (Å²) in [5.74, 6) is 0.0726. The molecule has 0 radical (unpaired) electrons. The Kier molecular flexibility index (Phi) is 5.93. The van der Waals surface area contributed by atoms with Gasteiger partial charge in [-0.25, -0.2) is 4.98 Å². The van der Waals surface area contributed by atoms with Gasteiger partial charge in [0.1, 0.15) is 0 Å². The highest BCUT2D eigenvalue weighted by Crippen LogP contribution is 2.21. The molecule has 0 unspecified atom stereocenters. The second-order valence-electron chi connectivity index (χ2n) is 5.15. The van der Waals surface area contributed by atoms with Crippen LogP contribution in [-0.4, -0.2) is 17.4 Å². The zero-order valence-corrected chi connectivity index (χ0v) is 13.5. The summed E-state index contributed by atoms with van der Waals surface area (Å²) in [6.45, 7) is 4.76. The average molecular weight is 302 g/mol. The van der Waals surface area contributed by atoms with Crippen LogP contribution in [0.2, 0.25) is 0 Å². The molecule has 0 aliphatic heterocycles. The van der Waals surface area contributed by atoms with Crippen molar-refractivity contribution in [2.45, 2.75) is 39.0 Å². The fraction of sp³-hybridized carbons (Fsp3) is 0.412. The summed E-state index contributed by atoms with van der Waals surface area (Å²) in [6.07, 6.45) is 2.67. The van der Waals surface area contributed by atoms with E-state index < -0.39 is 0 Å². The largest absolute Gasteiger partial charge is 0.355 e. The minimum Gasteiger partial charge on any atom is -0.355 e. The number of hydrogen-bond donors (Lipinski definition) is 1. The zero-order valence-electron chi connectivity index (χ0n) is 12.6. The number of carbonyl (C=O) groups excluding carboxylic acids is 1. The average Bonchev–Trinajstić information content (AvgIpc) is 2.91. The molecule has 1 aromatic heterocycles. The van der Waals surface area contributed by atoms with Crippen molar-refractivity contribution in [3.05, 3.63) is 52.0 Å². The number of rotatable bonds is 7. The maximum absolute atomic E-state index is 12.4. The third-order valence-corrected chi connectivity index (χ3v) is 4.27. The van der Waals surface area contributed by atoms with Gasteiger partial charge in [-0.2, -0.15) is 0 Å². The topological polar surface area (TPSA) is 42.0 Å². The maximum Gasteiger partial charge on any atom is 0.227 e. The van der Waals surface area contributed by atoms with Crippen molar-refractivity contribution in [2.24, 2.45) is 0 Å². The molecule has 0 saturated carbocycles. The molecule has 1 amide bonds. The van der Waals surface area contributed by atoms with E-state index >= 15 is 0 Å². The summed E-state index contributed by atoms with van der Waals surface area (Å²) < 4.78 is 0. The van der Waals surface area contributed by atoms with Crippen molar-refractivity contribution in [1.29, 1.82) is 0 Å². The molecule has 1 aromatic carbocycles. The van der Waals surface area contributed by atoms with Crippen LogP contribution < -0.4 is 5.32 Å². The second kappa shape index (κ2) is 7.93. The monoisotopic (exact) mass is 302 g/mol. The number of thiazole rings is 1. The molecule has 112 valence electrons. The molecule has 1 N–H and O–H groups in total. The van der Waals surface area contributed by atoms with E-state index in [0.29, 0.717) is 6.54 Å². The highest BCUT2D eigenvalue weighted by atomic mass is 32.1. The number of aryl methyl sites for hydroxylation is 1. The molecule has 0 aliphatic carbocycles. The molecule has 1 atom stereocenters. The number of benzene rings is 1. The summed E-state index contributed by atoms with van der Waals surface area (Å²) in [7, 11) is 0. The van der Waals surface area contributed by atoms with Crippen LogP contribution in [0.4, 0.5) is 0 Å². The first-order valence-electron chi connectivity index (χ1n) is 7.44. The molecule has 0 aliphatic rings. The van der Waals surface area contributed by atoms with Gasteiger partial charge in [0, 0.05) is 18.3 Å². The smallest absolute Gasteiger partial charge is 0.227 e. The maximum atomic E-state index is 12.4. The lowest BCUT2D eigenvalue weighted by Crippen LogP contribution is -2.31. The fourth-order valence-corrected chi connectivity index (χ4v) is 3.03. The lowest BCUT2D eigenvalue weighted by molar-refractivity contribution is -0.122. The van der Waals surface area contributed by atoms with Crippen molar-refractivity contribution in [2.75, 3.05) is 6.54 Å². The predicted octanol–water partition coefficient (Wildman–Crippen LogP) is 3.69. The van der Waals surface area contributed by atoms with Crippen LogP contribution in [0.3, 0.4) is 0 Å². The van der Waals surface area contributed by atoms with Crippen LogP contribution in [0.1, 0.15) is 41.9 Å². The zero-order chi connectivity index (χ0) is 15.1. The van der Waals surface area contributed by atoms with Gasteiger partial charge < -0.3 is 5.32 Å². The molecule has 0 bridgehead atoms. The van der Waals surface area contributed by atoms with Gasteiger partial charge in [0.2, 0.25) is 5.91 Å². The number of carbonyl (C=O) groups is 1. The molecule has 0 spiro atoms. The molecule has 2 aromatic rings. The van der Waals surface area contributed by atoms with E-state index in [1.54, 1.807) is 11.3 Å². The van der Waals surface area contributed by atoms with Gasteiger partial charge in [0.15, 0.2) is 0 Å². The van der Waals surface area contributed by atoms with Crippen molar-refractivity contribution in [1.82, 2.24) is 10.3 Å². The first kappa shape index (κ1) is 15.7. The number of nitrogens with one attached hydrogen (secondary N) is 1. The van der Waals surface area contributed by atoms with Crippen molar-refractivity contribution < 1.29 is 4.79 Å². The predicted molar refractivity (Wildman–Crippen MR) is 87.7 cm³/mol. The Morgan fingerprint density at radius 3 is 2.71 bits per heavy atom. The summed E-state index contributed by atoms with van der Waals surface area (Å²) in [5, 5.41) is 6.18. The highest BCUT2D eigenvalue weighted by Gasteiger charge is 2.18. The third kappa shape index (κ3) is 4.67. The van der Waals surface area contributed by atoms with Crippen molar-refractivity contribution >= 4 is 17.2 Å². The molecule has 0 fully saturated rings. The van der Waals surface area contributed by atoms with Gasteiger partial charge in [0.05, 0.1) is 16.6 Å². The van der Waals surface area contributed by atoms with Gasteiger partial charge >= 0.3 is 0 Å². The quantitative estimate of drug-likeness (QED) is 0.847. The number of nitrogens with zero attached hydrogens (tertiary/aromatic N) is 1. The van der Waals surface area contributed by atoms with Crippen LogP contribution in [0.5, 0.6) is 0 Å². The standard InChI is InChI=1S/C17H22N2OS/c1-3-7-16(14-8-5-4-6-9-14)17(20)18-11-10-15-12-21-13(2)19-15/h4-6,8-9,12,16H,3,7,10-11H2,1-2H3,(H,18,20)/t16-/m0/s1. The Hall–Kier alpha value is -1.68. The Labute approximate surface area is 130 Å². The summed E-state index contributed by atoms with van der Waals surface area (Å²) in [6, 6.07) is 10.0. The second-order valence-corrected chi connectivity index (χ2v) is 6.21. The van der Waals surface area contributed by atoms with Gasteiger partial charge in [-0.1, -0.05) is 43.7 Å². The van der Waals surface area contributed by atoms with E-state index in [1.165, 1.54) is 0 Å². The molecular weight excluding hydrogens is 280 g/mol. The van der Waals surface area contributed by atoms with E-state index in [9.17, 15) is 4.79 Å². The first-order valence-corrected chi connectivity index (χ1v) is 8.32. The van der Waals surface area contributed by atoms with E-state index in [2.05, 4.69) is 22.6 Å². The molecule has 3 nitrogen and oxygen atoms in total. The fourth-order valence-electron chi connectivity index (χ4n) is 2.38. The molecule has 2 rings (SSSR count). The van der Waals surface area contributed by atoms with Gasteiger partial charge in [-0.15, -0.1) is 11.3 Å². The van der Waals surface area contributed by atoms with E-state index in [0.717, 1.165) is 35.5 Å². The molecule has 0 saturated heterocycles. The SMILES string of the molecule is CCC[C@H](C(=O)NCCc1csc(C)n1)c1ccccc1. The number of aromatic nitrogens is 1. The van der Waals surface area contributed by atoms with Gasteiger partial charge in [-0.05, 0) is 18.9 Å². The Balaban J connectivity index is 1.90. The lowest BCUT2D eigenvalue weighted by Gasteiger charge is -2.16. The minimum atomic E-state index is -0.0478. The van der Waals surface area contributed by atoms with Gasteiger partial charge in [0.25, 0.3) is 0 Å². The molecule has 4 heteroatoms. The minimum absolute atomic E-state index is 0.0478. The van der Waals surface area contributed by atoms with E-state index in [-0.39, 0.29) is 11.8 Å². The lowest BCUT2D eigenvalue weighted by atomic mass is 9.93. The molecular formula is C17H22N2OS. The van der Waals surface area contributed by atoms with E-state index in [1.807, 2.05) is 37.3 Å². The highest BCUT2D eigenvalue weighted by molar-refractivity contribution is 7.09. The number of hydrogen-bond acceptors (Lipinski definition) is 3. The first-order chi connectivity index (χ1) is 10.2. The van der Waals surface area contributed by atoms with Crippen LogP contribution in [0.25, 0.3) is 0 Å². The number of amides is 1. The van der Waals surface area contributed by atoms with Crippen molar-refractivity contribution in [3.63, 3.8) is 0 Å². The Morgan fingerprint density at radius 2 is 2.10 bits per heavy atom. The Bertz CT molecular complexity index is 565. The van der Waals surface area contributed by atoms with Gasteiger partial charge in [-0.3, -0.25) is 4.79 Å². The summed E-state index contributed by atoms with van der Waals surface area (Å²) in [4.78, 5) is 16.8. The van der Waals surface area contributed by atoms with Crippen LogP contribution in [0, 0.1) is 6.92 Å². The normalized spacial score (nSPS) is 12.1. The Morgan fingerprint density at radius 1 is 1.33 bits per heavy atom. The summed E-state index contributed by atoms with van der Waals surface area (Å²) in [5.41, 5.74) is 2.16. The van der Waals surface area contributed by atoms with Crippen LogP contribution >= 0.6 is 11.3 Å².